The molecule has 1 atom stereocenters. The molecular weight excluding hydrogens is 724 g/mol. The molecule has 0 radical (unpaired) electrons. The van der Waals surface area contributed by atoms with Gasteiger partial charge in [-0.1, -0.05) is 30.5 Å². The highest BCUT2D eigenvalue weighted by Crippen LogP contribution is 2.41. The lowest BCUT2D eigenvalue weighted by Gasteiger charge is -2.46. The number of rotatable bonds is 8. The van der Waals surface area contributed by atoms with E-state index in [4.69, 9.17) is 4.74 Å². The number of ether oxygens (including phenoxy) is 1. The molecule has 4 fully saturated rings. The lowest BCUT2D eigenvalue weighted by molar-refractivity contribution is -0.133. The van der Waals surface area contributed by atoms with Gasteiger partial charge in [0.15, 0.2) is 5.82 Å². The number of piperazine rings is 1. The Morgan fingerprint density at radius 3 is 2.70 bits per heavy atom. The van der Waals surface area contributed by atoms with Crippen LogP contribution in [0.15, 0.2) is 84.4 Å². The zero-order valence-electron chi connectivity index (χ0n) is 32.3. The molecule has 7 heterocycles. The minimum absolute atomic E-state index is 0.0353. The van der Waals surface area contributed by atoms with Crippen LogP contribution in [0.2, 0.25) is 0 Å². The number of halogens is 1. The molecule has 4 N–H and O–H groups in total. The average Bonchev–Trinajstić information content (AvgIpc) is 3.22. The van der Waals surface area contributed by atoms with Gasteiger partial charge in [-0.15, -0.1) is 0 Å². The number of carbonyl (C=O) groups excluding carboxylic acids is 2. The van der Waals surface area contributed by atoms with Crippen LogP contribution in [0.4, 0.5) is 27.3 Å². The molecule has 57 heavy (non-hydrogen) atoms. The van der Waals surface area contributed by atoms with E-state index in [0.717, 1.165) is 80.6 Å². The van der Waals surface area contributed by atoms with Gasteiger partial charge >= 0.3 is 0 Å². The lowest BCUT2D eigenvalue weighted by Crippen LogP contribution is -2.55. The van der Waals surface area contributed by atoms with E-state index in [1.54, 1.807) is 6.07 Å². The van der Waals surface area contributed by atoms with Gasteiger partial charge in [-0.05, 0) is 73.1 Å². The van der Waals surface area contributed by atoms with Crippen molar-refractivity contribution in [2.24, 2.45) is 0 Å². The molecule has 6 aliphatic rings. The van der Waals surface area contributed by atoms with Crippen molar-refractivity contribution in [3.05, 3.63) is 107 Å². The normalized spacial score (nSPS) is 23.3. The molecule has 1 unspecified atom stereocenters. The maximum Gasteiger partial charge on any atom is 0.237 e. The van der Waals surface area contributed by atoms with Crippen molar-refractivity contribution < 1.29 is 18.7 Å². The van der Waals surface area contributed by atoms with Crippen molar-refractivity contribution in [3.63, 3.8) is 0 Å². The third kappa shape index (κ3) is 7.54. The van der Waals surface area contributed by atoms with Crippen molar-refractivity contribution in [1.29, 1.82) is 0 Å². The number of fused-ring (bicyclic) bond motifs is 2. The first-order valence-corrected chi connectivity index (χ1v) is 20.1. The van der Waals surface area contributed by atoms with Crippen molar-refractivity contribution in [1.82, 2.24) is 30.4 Å². The van der Waals surface area contributed by atoms with Gasteiger partial charge in [-0.3, -0.25) is 14.5 Å². The van der Waals surface area contributed by atoms with Crippen LogP contribution in [0.3, 0.4) is 0 Å². The third-order valence-corrected chi connectivity index (χ3v) is 12.3. The molecule has 0 spiro atoms. The van der Waals surface area contributed by atoms with E-state index in [9.17, 15) is 9.59 Å². The standard InChI is InChI=1S/C43H49FN10O3/c1-3-38-50-40(55)11-14-54(38)39-9-6-30(24-46-39)31-20-33(21-31)51-15-17-52(18-16-51)41(56)22-29-4-7-32(23-34(29)44)48-37-8-5-28-10-13-53(26-35(28)49-37)36-25-47-43-42(27(36)2)45-12-19-57-43/h4-9,23-25,31,33,35,45,48-49H,1,10-22,26H2,2H3,(H,50,55). The van der Waals surface area contributed by atoms with E-state index in [-0.39, 0.29) is 30.1 Å². The quantitative estimate of drug-likeness (QED) is 0.244. The Balaban J connectivity index is 0.730. The summed E-state index contributed by atoms with van der Waals surface area (Å²) in [4.78, 5) is 43.0. The number of piperidine rings is 1. The molecule has 9 rings (SSSR count). The summed E-state index contributed by atoms with van der Waals surface area (Å²) < 4.78 is 21.2. The summed E-state index contributed by atoms with van der Waals surface area (Å²) in [6.45, 7) is 12.3. The van der Waals surface area contributed by atoms with E-state index in [1.807, 2.05) is 40.4 Å². The van der Waals surface area contributed by atoms with Gasteiger partial charge in [0.1, 0.15) is 29.8 Å². The van der Waals surface area contributed by atoms with Crippen molar-refractivity contribution in [3.8, 4) is 5.88 Å². The second-order valence-corrected chi connectivity index (χ2v) is 15.7. The number of nitrogens with zero attached hydrogens (tertiary/aromatic N) is 6. The summed E-state index contributed by atoms with van der Waals surface area (Å²) in [5.41, 5.74) is 9.60. The van der Waals surface area contributed by atoms with E-state index in [0.29, 0.717) is 67.6 Å². The monoisotopic (exact) mass is 772 g/mol. The van der Waals surface area contributed by atoms with Gasteiger partial charge in [-0.2, -0.15) is 0 Å². The van der Waals surface area contributed by atoms with E-state index in [1.165, 1.54) is 17.2 Å². The molecule has 2 amide bonds. The fourth-order valence-corrected chi connectivity index (χ4v) is 8.91. The molecule has 1 aliphatic carbocycles. The van der Waals surface area contributed by atoms with Crippen LogP contribution in [0.25, 0.3) is 0 Å². The second-order valence-electron chi connectivity index (χ2n) is 15.7. The first-order valence-electron chi connectivity index (χ1n) is 20.1. The number of aromatic nitrogens is 2. The lowest BCUT2D eigenvalue weighted by atomic mass is 9.75. The van der Waals surface area contributed by atoms with E-state index >= 15 is 4.39 Å². The molecule has 0 bridgehead atoms. The summed E-state index contributed by atoms with van der Waals surface area (Å²) in [5.74, 6) is 2.77. The number of pyridine rings is 2. The van der Waals surface area contributed by atoms with Crippen molar-refractivity contribution >= 4 is 34.7 Å². The predicted molar refractivity (Wildman–Crippen MR) is 218 cm³/mol. The number of allylic oxidation sites excluding steroid dienone is 2. The minimum atomic E-state index is -0.389. The number of carbonyl (C=O) groups is 2. The maximum atomic E-state index is 15.4. The minimum Gasteiger partial charge on any atom is -0.474 e. The van der Waals surface area contributed by atoms with Gasteiger partial charge in [0.2, 0.25) is 17.7 Å². The Morgan fingerprint density at radius 1 is 1.05 bits per heavy atom. The average molecular weight is 773 g/mol. The largest absolute Gasteiger partial charge is 0.474 e. The number of anilines is 4. The maximum absolute atomic E-state index is 15.4. The van der Waals surface area contributed by atoms with Crippen LogP contribution in [0.1, 0.15) is 48.3 Å². The molecule has 13 nitrogen and oxygen atoms in total. The Kier molecular flexibility index (Phi) is 10.1. The summed E-state index contributed by atoms with van der Waals surface area (Å²) >= 11 is 0. The number of benzene rings is 1. The summed E-state index contributed by atoms with van der Waals surface area (Å²) in [6.07, 6.45) is 11.5. The first kappa shape index (κ1) is 36.8. The number of hydrogen-bond donors (Lipinski definition) is 4. The van der Waals surface area contributed by atoms with Crippen LogP contribution in [0.5, 0.6) is 5.88 Å². The second kappa shape index (κ2) is 15.6. The first-order chi connectivity index (χ1) is 27.8. The Labute approximate surface area is 332 Å². The molecule has 1 aromatic carbocycles. The van der Waals surface area contributed by atoms with E-state index < -0.39 is 0 Å². The summed E-state index contributed by atoms with van der Waals surface area (Å²) in [7, 11) is 0. The van der Waals surface area contributed by atoms with Gasteiger partial charge in [0, 0.05) is 82.3 Å². The van der Waals surface area contributed by atoms with Crippen molar-refractivity contribution in [2.75, 3.05) is 79.4 Å². The Bertz CT molecular complexity index is 2170. The highest BCUT2D eigenvalue weighted by Gasteiger charge is 2.37. The van der Waals surface area contributed by atoms with Crippen LogP contribution in [0, 0.1) is 12.7 Å². The van der Waals surface area contributed by atoms with Gasteiger partial charge < -0.3 is 40.7 Å². The van der Waals surface area contributed by atoms with Crippen LogP contribution < -0.4 is 35.8 Å². The third-order valence-electron chi connectivity index (χ3n) is 12.3. The topological polar surface area (TPSA) is 130 Å². The predicted octanol–water partition coefficient (Wildman–Crippen LogP) is 4.38. The van der Waals surface area contributed by atoms with Gasteiger partial charge in [0.05, 0.1) is 24.3 Å². The number of hydrogen-bond acceptors (Lipinski definition) is 11. The number of amides is 2. The Hall–Kier alpha value is -5.85. The van der Waals surface area contributed by atoms with Crippen LogP contribution in [-0.4, -0.2) is 103 Å². The molecule has 3 saturated heterocycles. The van der Waals surface area contributed by atoms with Gasteiger partial charge in [0.25, 0.3) is 0 Å². The number of dihydropyridines is 1. The zero-order chi connectivity index (χ0) is 39.0. The van der Waals surface area contributed by atoms with E-state index in [2.05, 4.69) is 72.4 Å². The zero-order valence-corrected chi connectivity index (χ0v) is 32.3. The van der Waals surface area contributed by atoms with Crippen LogP contribution >= 0.6 is 0 Å². The molecule has 5 aliphatic heterocycles. The fraction of sp³-hybridized carbons (Fsp3) is 0.419. The van der Waals surface area contributed by atoms with Gasteiger partial charge in [-0.25, -0.2) is 14.4 Å². The smallest absolute Gasteiger partial charge is 0.237 e. The SMILES string of the molecule is C=C=C1NC(=O)CCN1c1ccc(C2CC(N3CCN(C(=O)Cc4ccc(NC5=CC=C6CCN(c7cnc8c(c7C)NCCO8)CC6N5)cc4F)CC3)C2)cn1. The summed E-state index contributed by atoms with van der Waals surface area (Å²) in [6, 6.07) is 9.76. The fourth-order valence-electron chi connectivity index (χ4n) is 8.91. The summed E-state index contributed by atoms with van der Waals surface area (Å²) in [5, 5.41) is 13.2. The molecule has 296 valence electrons. The molecular formula is C43H49FN10O3. The molecule has 3 aromatic rings. The highest BCUT2D eigenvalue weighted by molar-refractivity contribution is 5.81. The van der Waals surface area contributed by atoms with Crippen LogP contribution in [-0.2, 0) is 16.0 Å². The molecule has 14 heteroatoms. The van der Waals surface area contributed by atoms with Crippen molar-refractivity contribution in [2.45, 2.75) is 57.0 Å². The molecule has 2 aromatic heterocycles. The number of nitrogens with one attached hydrogen (secondary N) is 4. The molecule has 1 saturated carbocycles. The highest BCUT2D eigenvalue weighted by atomic mass is 19.1. The Morgan fingerprint density at radius 2 is 1.91 bits per heavy atom.